The van der Waals surface area contributed by atoms with Crippen molar-refractivity contribution in [3.05, 3.63) is 17.7 Å². The number of hydrogen-bond acceptors (Lipinski definition) is 7. The van der Waals surface area contributed by atoms with Crippen LogP contribution in [-0.2, 0) is 14.3 Å². The zero-order chi connectivity index (χ0) is 21.2. The summed E-state index contributed by atoms with van der Waals surface area (Å²) < 4.78 is 22.3. The third kappa shape index (κ3) is 4.00. The summed E-state index contributed by atoms with van der Waals surface area (Å²) in [6, 6.07) is 3.25. The number of carbonyl (C=O) groups is 3. The molecule has 1 aromatic carbocycles. The lowest BCUT2D eigenvalue weighted by Gasteiger charge is -2.34. The first-order chi connectivity index (χ1) is 13.8. The van der Waals surface area contributed by atoms with E-state index >= 15 is 0 Å². The van der Waals surface area contributed by atoms with Crippen molar-refractivity contribution in [1.29, 1.82) is 0 Å². The van der Waals surface area contributed by atoms with Gasteiger partial charge in [-0.2, -0.15) is 0 Å². The molecule has 9 heteroatoms. The van der Waals surface area contributed by atoms with Gasteiger partial charge in [-0.3, -0.25) is 14.4 Å². The first-order valence-corrected chi connectivity index (χ1v) is 9.43. The molecular formula is C20H26N2O7. The summed E-state index contributed by atoms with van der Waals surface area (Å²) in [5, 5.41) is 0. The summed E-state index contributed by atoms with van der Waals surface area (Å²) in [5.74, 6) is 0.0120. The maximum atomic E-state index is 12.7. The molecule has 2 aliphatic rings. The van der Waals surface area contributed by atoms with Crippen LogP contribution >= 0.6 is 0 Å². The second-order valence-electron chi connectivity index (χ2n) is 7.24. The quantitative estimate of drug-likeness (QED) is 0.501. The maximum absolute atomic E-state index is 12.7. The molecule has 2 fully saturated rings. The van der Waals surface area contributed by atoms with Crippen LogP contribution in [0, 0.1) is 5.41 Å². The van der Waals surface area contributed by atoms with E-state index in [1.54, 1.807) is 17.0 Å². The Bertz CT molecular complexity index is 819. The minimum atomic E-state index is -1.05. The van der Waals surface area contributed by atoms with E-state index in [0.717, 1.165) is 0 Å². The van der Waals surface area contributed by atoms with Crippen molar-refractivity contribution in [3.63, 3.8) is 0 Å². The van der Waals surface area contributed by atoms with E-state index in [4.69, 9.17) is 24.7 Å². The number of ether oxygens (including phenoxy) is 4. The Hall–Kier alpha value is -2.81. The highest BCUT2D eigenvalue weighted by Crippen LogP contribution is 2.47. The average Bonchev–Trinajstić information content (AvgIpc) is 3.53. The normalized spacial score (nSPS) is 20.0. The fourth-order valence-electron chi connectivity index (χ4n) is 3.49. The van der Waals surface area contributed by atoms with Gasteiger partial charge in [-0.05, 0) is 31.9 Å². The largest absolute Gasteiger partial charge is 0.493 e. The Labute approximate surface area is 169 Å². The molecule has 1 unspecified atom stereocenters. The van der Waals surface area contributed by atoms with E-state index in [0.29, 0.717) is 43.1 Å². The molecule has 0 spiro atoms. The van der Waals surface area contributed by atoms with E-state index in [1.807, 2.05) is 0 Å². The summed E-state index contributed by atoms with van der Waals surface area (Å²) in [6.07, 6.45) is 0.554. The van der Waals surface area contributed by atoms with Gasteiger partial charge in [-0.25, -0.2) is 0 Å². The van der Waals surface area contributed by atoms with Gasteiger partial charge < -0.3 is 29.6 Å². The molecule has 3 rings (SSSR count). The van der Waals surface area contributed by atoms with Crippen LogP contribution in [0.1, 0.15) is 30.1 Å². The molecule has 29 heavy (non-hydrogen) atoms. The Morgan fingerprint density at radius 3 is 2.48 bits per heavy atom. The molecule has 158 valence electrons. The van der Waals surface area contributed by atoms with Gasteiger partial charge in [0, 0.05) is 6.54 Å². The number of methoxy groups -OCH3 is 2. The summed E-state index contributed by atoms with van der Waals surface area (Å²) in [7, 11) is 2.96. The highest BCUT2D eigenvalue weighted by atomic mass is 16.6. The Balaban J connectivity index is 1.72. The van der Waals surface area contributed by atoms with Gasteiger partial charge in [0.25, 0.3) is 0 Å². The van der Waals surface area contributed by atoms with E-state index in [-0.39, 0.29) is 30.6 Å². The number of benzene rings is 1. The van der Waals surface area contributed by atoms with Crippen LogP contribution < -0.4 is 19.9 Å². The third-order valence-electron chi connectivity index (χ3n) is 5.35. The first-order valence-electron chi connectivity index (χ1n) is 9.43. The monoisotopic (exact) mass is 406 g/mol. The lowest BCUT2D eigenvalue weighted by Crippen LogP contribution is -2.52. The Morgan fingerprint density at radius 2 is 1.93 bits per heavy atom. The minimum Gasteiger partial charge on any atom is -0.493 e. The molecule has 9 nitrogen and oxygen atoms in total. The molecule has 2 N–H and O–H groups in total. The highest BCUT2D eigenvalue weighted by Gasteiger charge is 2.57. The molecule has 1 aromatic rings. The van der Waals surface area contributed by atoms with Crippen molar-refractivity contribution < 1.29 is 33.3 Å². The molecule has 1 atom stereocenters. The van der Waals surface area contributed by atoms with Crippen molar-refractivity contribution in [2.75, 3.05) is 40.5 Å². The average molecular weight is 406 g/mol. The molecule has 1 aliphatic carbocycles. The topological polar surface area (TPSA) is 117 Å². The molecule has 1 saturated carbocycles. The molecule has 2 amide bonds. The van der Waals surface area contributed by atoms with E-state index in [9.17, 15) is 14.4 Å². The molecular weight excluding hydrogens is 380 g/mol. The van der Waals surface area contributed by atoms with Crippen LogP contribution in [0.5, 0.6) is 17.2 Å². The smallest absolute Gasteiger partial charge is 0.238 e. The predicted molar refractivity (Wildman–Crippen MR) is 102 cm³/mol. The van der Waals surface area contributed by atoms with Crippen LogP contribution in [0.15, 0.2) is 12.1 Å². The zero-order valence-corrected chi connectivity index (χ0v) is 16.9. The SMILES string of the molecule is COc1ccc(C(C)=O)c(OCC2CN(C(=O)C3(C(N)=O)CC3)CCO2)c1OC. The summed E-state index contributed by atoms with van der Waals surface area (Å²) >= 11 is 0. The minimum absolute atomic E-state index is 0.0944. The van der Waals surface area contributed by atoms with Crippen molar-refractivity contribution in [1.82, 2.24) is 4.90 Å². The standard InChI is InChI=1S/C20H26N2O7/c1-12(23)14-4-5-15(26-2)17(27-3)16(14)29-11-13-10-22(8-9-28-13)19(25)20(6-7-20)18(21)24/h4-5,13H,6-11H2,1-3H3,(H2,21,24). The Kier molecular flexibility index (Phi) is 5.97. The number of nitrogens with zero attached hydrogens (tertiary/aromatic N) is 1. The van der Waals surface area contributed by atoms with Gasteiger partial charge in [0.1, 0.15) is 18.1 Å². The summed E-state index contributed by atoms with van der Waals surface area (Å²) in [6.45, 7) is 2.52. The first kappa shape index (κ1) is 20.9. The van der Waals surface area contributed by atoms with Gasteiger partial charge in [0.05, 0.1) is 32.9 Å². The molecule has 0 bridgehead atoms. The maximum Gasteiger partial charge on any atom is 0.238 e. The lowest BCUT2D eigenvalue weighted by molar-refractivity contribution is -0.149. The fraction of sp³-hybridized carbons (Fsp3) is 0.550. The number of Topliss-reactive ketones (excluding diaryl/α,β-unsaturated/α-hetero) is 1. The van der Waals surface area contributed by atoms with Crippen LogP contribution in [0.2, 0.25) is 0 Å². The molecule has 1 aliphatic heterocycles. The highest BCUT2D eigenvalue weighted by molar-refractivity contribution is 6.07. The van der Waals surface area contributed by atoms with Gasteiger partial charge >= 0.3 is 0 Å². The van der Waals surface area contributed by atoms with Gasteiger partial charge in [-0.1, -0.05) is 0 Å². The van der Waals surface area contributed by atoms with Crippen molar-refractivity contribution in [2.45, 2.75) is 25.9 Å². The molecule has 1 saturated heterocycles. The van der Waals surface area contributed by atoms with E-state index in [2.05, 4.69) is 0 Å². The molecule has 1 heterocycles. The van der Waals surface area contributed by atoms with Crippen molar-refractivity contribution in [3.8, 4) is 17.2 Å². The summed E-state index contributed by atoms with van der Waals surface area (Å²) in [5.41, 5.74) is 4.72. The number of morpholine rings is 1. The number of ketones is 1. The van der Waals surface area contributed by atoms with Crippen LogP contribution in [0.25, 0.3) is 0 Å². The van der Waals surface area contributed by atoms with Crippen LogP contribution in [0.4, 0.5) is 0 Å². The van der Waals surface area contributed by atoms with Crippen molar-refractivity contribution in [2.24, 2.45) is 11.1 Å². The number of primary amides is 1. The summed E-state index contributed by atoms with van der Waals surface area (Å²) in [4.78, 5) is 38.0. The van der Waals surface area contributed by atoms with E-state index in [1.165, 1.54) is 21.1 Å². The lowest BCUT2D eigenvalue weighted by atomic mass is 10.0. The number of nitrogens with two attached hydrogens (primary N) is 1. The second kappa shape index (κ2) is 8.28. The van der Waals surface area contributed by atoms with Gasteiger partial charge in [0.15, 0.2) is 17.3 Å². The number of amides is 2. The second-order valence-corrected chi connectivity index (χ2v) is 7.24. The number of rotatable bonds is 8. The van der Waals surface area contributed by atoms with E-state index < -0.39 is 17.4 Å². The predicted octanol–water partition coefficient (Wildman–Crippen LogP) is 0.778. The van der Waals surface area contributed by atoms with Crippen molar-refractivity contribution >= 4 is 17.6 Å². The van der Waals surface area contributed by atoms with Crippen LogP contribution in [0.3, 0.4) is 0 Å². The Morgan fingerprint density at radius 1 is 1.21 bits per heavy atom. The number of carbonyl (C=O) groups excluding carboxylic acids is 3. The molecule has 0 aromatic heterocycles. The van der Waals surface area contributed by atoms with Crippen LogP contribution in [-0.4, -0.2) is 69.1 Å². The number of hydrogen-bond donors (Lipinski definition) is 1. The zero-order valence-electron chi connectivity index (χ0n) is 16.9. The molecule has 0 radical (unpaired) electrons. The van der Waals surface area contributed by atoms with Gasteiger partial charge in [0.2, 0.25) is 17.6 Å². The third-order valence-corrected chi connectivity index (χ3v) is 5.35. The van der Waals surface area contributed by atoms with Gasteiger partial charge in [-0.15, -0.1) is 0 Å². The fourth-order valence-corrected chi connectivity index (χ4v) is 3.49.